The molecule has 1 unspecified atom stereocenters. The number of aromatic nitrogens is 1. The highest BCUT2D eigenvalue weighted by atomic mass is 32.1. The molecule has 0 saturated heterocycles. The molecule has 2 aromatic heterocycles. The molecule has 6 nitrogen and oxygen atoms in total. The fourth-order valence-electron chi connectivity index (χ4n) is 4.31. The van der Waals surface area contributed by atoms with Crippen molar-refractivity contribution >= 4 is 23.4 Å². The normalized spacial score (nSPS) is 15.8. The van der Waals surface area contributed by atoms with E-state index in [2.05, 4.69) is 4.99 Å². The van der Waals surface area contributed by atoms with Gasteiger partial charge in [0, 0.05) is 11.6 Å². The maximum Gasteiger partial charge on any atom is 0.416 e. The van der Waals surface area contributed by atoms with Gasteiger partial charge in [0.2, 0.25) is 0 Å². The lowest BCUT2D eigenvalue weighted by Gasteiger charge is -2.24. The van der Waals surface area contributed by atoms with Crippen LogP contribution in [0, 0.1) is 0 Å². The number of esters is 1. The van der Waals surface area contributed by atoms with Gasteiger partial charge in [-0.3, -0.25) is 9.36 Å². The van der Waals surface area contributed by atoms with E-state index in [4.69, 9.17) is 9.15 Å². The van der Waals surface area contributed by atoms with Crippen molar-refractivity contribution in [2.75, 3.05) is 6.61 Å². The van der Waals surface area contributed by atoms with Crippen LogP contribution in [0.5, 0.6) is 0 Å². The number of hydrogen-bond acceptors (Lipinski definition) is 6. The molecule has 4 aromatic rings. The van der Waals surface area contributed by atoms with Crippen LogP contribution in [0.25, 0.3) is 17.4 Å². The second kappa shape index (κ2) is 9.94. The summed E-state index contributed by atoms with van der Waals surface area (Å²) in [7, 11) is 0. The Balaban J connectivity index is 1.60. The van der Waals surface area contributed by atoms with Gasteiger partial charge in [-0.2, -0.15) is 13.2 Å². The Bertz CT molecular complexity index is 1730. The number of ether oxygens (including phenoxy) is 1. The third kappa shape index (κ3) is 4.74. The summed E-state index contributed by atoms with van der Waals surface area (Å²) in [6.45, 7) is 3.58. The van der Waals surface area contributed by atoms with Crippen molar-refractivity contribution in [2.24, 2.45) is 4.99 Å². The van der Waals surface area contributed by atoms with Crippen LogP contribution in [0.15, 0.2) is 92.2 Å². The summed E-state index contributed by atoms with van der Waals surface area (Å²) >= 11 is 1.13. The number of furan rings is 1. The van der Waals surface area contributed by atoms with E-state index in [0.717, 1.165) is 29.0 Å². The van der Waals surface area contributed by atoms with Gasteiger partial charge in [0.15, 0.2) is 4.80 Å². The van der Waals surface area contributed by atoms with Gasteiger partial charge in [0.1, 0.15) is 11.5 Å². The van der Waals surface area contributed by atoms with E-state index >= 15 is 0 Å². The largest absolute Gasteiger partial charge is 0.463 e. The van der Waals surface area contributed by atoms with Crippen molar-refractivity contribution in [3.63, 3.8) is 0 Å². The van der Waals surface area contributed by atoms with Crippen molar-refractivity contribution in [3.05, 3.63) is 115 Å². The Morgan fingerprint density at radius 3 is 2.61 bits per heavy atom. The number of benzene rings is 2. The van der Waals surface area contributed by atoms with Gasteiger partial charge in [-0.1, -0.05) is 53.8 Å². The Kier molecular flexibility index (Phi) is 6.66. The fourth-order valence-corrected chi connectivity index (χ4v) is 5.33. The lowest BCUT2D eigenvalue weighted by Crippen LogP contribution is -2.39. The predicted molar refractivity (Wildman–Crippen MR) is 136 cm³/mol. The second-order valence-corrected chi connectivity index (χ2v) is 9.50. The van der Waals surface area contributed by atoms with Crippen molar-refractivity contribution in [3.8, 4) is 11.3 Å². The number of halogens is 3. The summed E-state index contributed by atoms with van der Waals surface area (Å²) in [5.41, 5.74) is 0.558. The first-order valence-electron chi connectivity index (χ1n) is 11.7. The summed E-state index contributed by atoms with van der Waals surface area (Å²) in [5, 5.41) is 0. The number of carbonyl (C=O) groups excluding carboxylic acids is 1. The molecule has 194 valence electrons. The lowest BCUT2D eigenvalue weighted by molar-refractivity contribution is -0.139. The zero-order valence-electron chi connectivity index (χ0n) is 20.3. The van der Waals surface area contributed by atoms with E-state index in [9.17, 15) is 22.8 Å². The van der Waals surface area contributed by atoms with Crippen molar-refractivity contribution in [1.82, 2.24) is 4.57 Å². The van der Waals surface area contributed by atoms with Gasteiger partial charge in [-0.15, -0.1) is 0 Å². The molecule has 1 atom stereocenters. The molecule has 1 aliphatic rings. The first kappa shape index (κ1) is 25.5. The Labute approximate surface area is 218 Å². The van der Waals surface area contributed by atoms with Crippen molar-refractivity contribution < 1.29 is 27.1 Å². The van der Waals surface area contributed by atoms with E-state index in [-0.39, 0.29) is 29.1 Å². The minimum absolute atomic E-state index is 0.175. The van der Waals surface area contributed by atoms with Crippen LogP contribution in [-0.2, 0) is 15.7 Å². The highest BCUT2D eigenvalue weighted by molar-refractivity contribution is 7.07. The minimum atomic E-state index is -4.48. The Morgan fingerprint density at radius 1 is 1.13 bits per heavy atom. The molecule has 0 spiro atoms. The molecule has 0 saturated carbocycles. The molecule has 0 aliphatic carbocycles. The number of alkyl halides is 3. The molecular weight excluding hydrogens is 517 g/mol. The third-order valence-electron chi connectivity index (χ3n) is 6.01. The van der Waals surface area contributed by atoms with Gasteiger partial charge in [-0.05, 0) is 43.7 Å². The van der Waals surface area contributed by atoms with Gasteiger partial charge < -0.3 is 9.15 Å². The standard InChI is InChI=1S/C28H21F3N2O4S/c1-3-36-26(35)23-16(2)32-27-33(24(23)17-8-5-4-6-9-17)25(34)22(38-27)15-20-12-13-21(37-20)18-10-7-11-19(14-18)28(29,30)31/h4-15,24H,3H2,1-2H3. The van der Waals surface area contributed by atoms with Gasteiger partial charge in [0.05, 0.1) is 34.0 Å². The van der Waals surface area contributed by atoms with E-state index in [1.165, 1.54) is 22.8 Å². The first-order chi connectivity index (χ1) is 18.2. The Morgan fingerprint density at radius 2 is 1.89 bits per heavy atom. The van der Waals surface area contributed by atoms with Crippen LogP contribution in [0.4, 0.5) is 13.2 Å². The van der Waals surface area contributed by atoms with Gasteiger partial charge in [0.25, 0.3) is 5.56 Å². The maximum atomic E-state index is 13.6. The average Bonchev–Trinajstić information content (AvgIpc) is 3.48. The summed E-state index contributed by atoms with van der Waals surface area (Å²) < 4.78 is 52.2. The van der Waals surface area contributed by atoms with E-state index < -0.39 is 23.8 Å². The highest BCUT2D eigenvalue weighted by Gasteiger charge is 2.33. The molecule has 38 heavy (non-hydrogen) atoms. The molecular formula is C28H21F3N2O4S. The van der Waals surface area contributed by atoms with Crippen molar-refractivity contribution in [2.45, 2.75) is 26.1 Å². The first-order valence-corrected chi connectivity index (χ1v) is 12.5. The molecule has 0 fully saturated rings. The molecule has 5 rings (SSSR count). The molecule has 1 aliphatic heterocycles. The summed E-state index contributed by atoms with van der Waals surface area (Å²) in [6, 6.07) is 16.4. The summed E-state index contributed by atoms with van der Waals surface area (Å²) in [4.78, 5) is 31.4. The fraction of sp³-hybridized carbons (Fsp3) is 0.179. The molecule has 0 bridgehead atoms. The predicted octanol–water partition coefficient (Wildman–Crippen LogP) is 5.08. The van der Waals surface area contributed by atoms with Crippen LogP contribution in [-0.4, -0.2) is 17.1 Å². The topological polar surface area (TPSA) is 73.8 Å². The molecule has 2 aromatic carbocycles. The molecule has 3 heterocycles. The van der Waals surface area contributed by atoms with Gasteiger partial charge >= 0.3 is 12.1 Å². The number of rotatable bonds is 5. The monoisotopic (exact) mass is 538 g/mol. The lowest BCUT2D eigenvalue weighted by atomic mass is 9.96. The summed E-state index contributed by atoms with van der Waals surface area (Å²) in [6.07, 6.45) is -2.96. The number of nitrogens with zero attached hydrogens (tertiary/aromatic N) is 2. The van der Waals surface area contributed by atoms with Crippen LogP contribution in [0.3, 0.4) is 0 Å². The van der Waals surface area contributed by atoms with Crippen LogP contribution in [0.1, 0.15) is 36.8 Å². The second-order valence-electron chi connectivity index (χ2n) is 8.49. The van der Waals surface area contributed by atoms with E-state index in [1.807, 2.05) is 30.3 Å². The number of hydrogen-bond donors (Lipinski definition) is 0. The van der Waals surface area contributed by atoms with E-state index in [0.29, 0.717) is 20.8 Å². The summed E-state index contributed by atoms with van der Waals surface area (Å²) in [5.74, 6) is -0.0216. The maximum absolute atomic E-state index is 13.6. The van der Waals surface area contributed by atoms with Crippen LogP contribution >= 0.6 is 11.3 Å². The van der Waals surface area contributed by atoms with E-state index in [1.54, 1.807) is 26.0 Å². The molecule has 0 N–H and O–H groups in total. The molecule has 0 amide bonds. The highest BCUT2D eigenvalue weighted by Crippen LogP contribution is 2.33. The number of allylic oxidation sites excluding steroid dienone is 1. The number of carbonyl (C=O) groups is 1. The number of thiazole rings is 1. The Hall–Kier alpha value is -4.18. The average molecular weight is 539 g/mol. The van der Waals surface area contributed by atoms with Crippen molar-refractivity contribution in [1.29, 1.82) is 0 Å². The number of fused-ring (bicyclic) bond motifs is 1. The quantitative estimate of drug-likeness (QED) is 0.333. The molecule has 10 heteroatoms. The smallest absolute Gasteiger partial charge is 0.416 e. The third-order valence-corrected chi connectivity index (χ3v) is 6.99. The van der Waals surface area contributed by atoms with Crippen LogP contribution in [0.2, 0.25) is 0 Å². The zero-order valence-corrected chi connectivity index (χ0v) is 21.1. The SMILES string of the molecule is CCOC(=O)C1=C(C)N=c2sc(=Cc3ccc(-c4cccc(C(F)(F)F)c4)o3)c(=O)n2C1c1ccccc1. The molecule has 0 radical (unpaired) electrons. The van der Waals surface area contributed by atoms with Crippen LogP contribution < -0.4 is 14.9 Å². The zero-order chi connectivity index (χ0) is 27.0. The van der Waals surface area contributed by atoms with Gasteiger partial charge in [-0.25, -0.2) is 9.79 Å². The minimum Gasteiger partial charge on any atom is -0.463 e.